The molecule has 140 valence electrons. The molecule has 6 nitrogen and oxygen atoms in total. The number of benzene rings is 1. The third-order valence-electron chi connectivity index (χ3n) is 4.40. The van der Waals surface area contributed by atoms with Crippen LogP contribution in [0.3, 0.4) is 0 Å². The molecule has 0 aliphatic carbocycles. The van der Waals surface area contributed by atoms with Crippen LogP contribution in [0.1, 0.15) is 37.8 Å². The number of rotatable bonds is 6. The minimum atomic E-state index is -0.608. The van der Waals surface area contributed by atoms with Crippen LogP contribution in [0, 0.1) is 0 Å². The number of nitrogens with zero attached hydrogens (tertiary/aromatic N) is 3. The van der Waals surface area contributed by atoms with Crippen molar-refractivity contribution in [3.8, 4) is 5.75 Å². The number of hydrogen-bond donors (Lipinski definition) is 1. The summed E-state index contributed by atoms with van der Waals surface area (Å²) >= 11 is 9.30. The van der Waals surface area contributed by atoms with E-state index in [9.17, 15) is 4.79 Å². The van der Waals surface area contributed by atoms with E-state index in [1.54, 1.807) is 25.1 Å². The summed E-state index contributed by atoms with van der Waals surface area (Å²) in [6.07, 6.45) is 4.60. The van der Waals surface area contributed by atoms with Crippen molar-refractivity contribution in [1.29, 1.82) is 0 Å². The Balaban J connectivity index is 1.50. The second-order valence-corrected chi connectivity index (χ2v) is 7.66. The van der Waals surface area contributed by atoms with Crippen LogP contribution >= 0.6 is 27.5 Å². The number of halogens is 2. The van der Waals surface area contributed by atoms with Gasteiger partial charge >= 0.3 is 0 Å². The maximum absolute atomic E-state index is 12.3. The Morgan fingerprint density at radius 2 is 2.23 bits per heavy atom. The predicted octanol–water partition coefficient (Wildman–Crippen LogP) is 3.55. The molecule has 3 rings (SSSR count). The average Bonchev–Trinajstić information content (AvgIpc) is 2.84. The Bertz CT molecular complexity index is 781. The SMILES string of the molecule is CC(Oc1ccc(Cl)cc1Br)C(=O)NCCc1nnc2n1CCCCC2. The van der Waals surface area contributed by atoms with Gasteiger partial charge in [-0.1, -0.05) is 18.0 Å². The molecular formula is C18H22BrClN4O2. The zero-order chi connectivity index (χ0) is 18.5. The van der Waals surface area contributed by atoms with Crippen LogP contribution in [0.5, 0.6) is 5.75 Å². The lowest BCUT2D eigenvalue weighted by Gasteiger charge is -2.16. The second kappa shape index (κ2) is 8.86. The first kappa shape index (κ1) is 19.2. The van der Waals surface area contributed by atoms with Crippen LogP contribution in [0.15, 0.2) is 22.7 Å². The molecular weight excluding hydrogens is 420 g/mol. The number of nitrogens with one attached hydrogen (secondary N) is 1. The van der Waals surface area contributed by atoms with Crippen molar-refractivity contribution in [2.75, 3.05) is 6.54 Å². The van der Waals surface area contributed by atoms with Crippen LogP contribution < -0.4 is 10.1 Å². The van der Waals surface area contributed by atoms with Gasteiger partial charge < -0.3 is 14.6 Å². The van der Waals surface area contributed by atoms with E-state index in [0.717, 1.165) is 35.5 Å². The van der Waals surface area contributed by atoms with Gasteiger partial charge in [0.05, 0.1) is 4.47 Å². The molecule has 0 saturated heterocycles. The van der Waals surface area contributed by atoms with E-state index < -0.39 is 6.10 Å². The molecule has 1 amide bonds. The van der Waals surface area contributed by atoms with E-state index in [2.05, 4.69) is 36.0 Å². The number of ether oxygens (including phenoxy) is 1. The molecule has 0 fully saturated rings. The Morgan fingerprint density at radius 1 is 1.38 bits per heavy atom. The monoisotopic (exact) mass is 440 g/mol. The van der Waals surface area contributed by atoms with Crippen molar-refractivity contribution < 1.29 is 9.53 Å². The van der Waals surface area contributed by atoms with Gasteiger partial charge in [0, 0.05) is 31.0 Å². The highest BCUT2D eigenvalue weighted by atomic mass is 79.9. The molecule has 1 aliphatic rings. The predicted molar refractivity (Wildman–Crippen MR) is 104 cm³/mol. The molecule has 1 unspecified atom stereocenters. The van der Waals surface area contributed by atoms with Gasteiger partial charge in [0.25, 0.3) is 5.91 Å². The molecule has 1 N–H and O–H groups in total. The quantitative estimate of drug-likeness (QED) is 0.744. The molecule has 0 spiro atoms. The molecule has 2 aromatic rings. The fourth-order valence-electron chi connectivity index (χ4n) is 2.99. The van der Waals surface area contributed by atoms with E-state index >= 15 is 0 Å². The molecule has 1 aromatic heterocycles. The molecule has 26 heavy (non-hydrogen) atoms. The maximum Gasteiger partial charge on any atom is 0.260 e. The van der Waals surface area contributed by atoms with E-state index in [1.807, 2.05) is 0 Å². The summed E-state index contributed by atoms with van der Waals surface area (Å²) in [4.78, 5) is 12.3. The highest BCUT2D eigenvalue weighted by molar-refractivity contribution is 9.10. The molecule has 1 aromatic carbocycles. The molecule has 1 aliphatic heterocycles. The lowest BCUT2D eigenvalue weighted by atomic mass is 10.2. The van der Waals surface area contributed by atoms with Gasteiger partial charge in [0.2, 0.25) is 0 Å². The van der Waals surface area contributed by atoms with Crippen LogP contribution in [0.2, 0.25) is 5.02 Å². The Kier molecular flexibility index (Phi) is 6.53. The standard InChI is InChI=1S/C18H22BrClN4O2/c1-12(26-15-7-6-13(20)11-14(15)19)18(25)21-9-8-17-23-22-16-5-3-2-4-10-24(16)17/h6-7,11-12H,2-5,8-10H2,1H3,(H,21,25). The highest BCUT2D eigenvalue weighted by Crippen LogP contribution is 2.28. The van der Waals surface area contributed by atoms with Crippen LogP contribution in [-0.2, 0) is 24.2 Å². The first-order chi connectivity index (χ1) is 12.5. The van der Waals surface area contributed by atoms with Gasteiger partial charge in [0.1, 0.15) is 17.4 Å². The topological polar surface area (TPSA) is 69.0 Å². The molecule has 1 atom stereocenters. The van der Waals surface area contributed by atoms with Crippen LogP contribution in [0.4, 0.5) is 0 Å². The summed E-state index contributed by atoms with van der Waals surface area (Å²) < 4.78 is 8.62. The average molecular weight is 442 g/mol. The highest BCUT2D eigenvalue weighted by Gasteiger charge is 2.17. The van der Waals surface area contributed by atoms with Crippen molar-refractivity contribution in [3.05, 3.63) is 39.3 Å². The van der Waals surface area contributed by atoms with Crippen LogP contribution in [-0.4, -0.2) is 33.3 Å². The number of carbonyl (C=O) groups excluding carboxylic acids is 1. The van der Waals surface area contributed by atoms with Crippen molar-refractivity contribution in [3.63, 3.8) is 0 Å². The third kappa shape index (κ3) is 4.76. The third-order valence-corrected chi connectivity index (χ3v) is 5.26. The summed E-state index contributed by atoms with van der Waals surface area (Å²) in [5.74, 6) is 2.42. The second-order valence-electron chi connectivity index (χ2n) is 6.37. The summed E-state index contributed by atoms with van der Waals surface area (Å²) in [7, 11) is 0. The summed E-state index contributed by atoms with van der Waals surface area (Å²) in [6, 6.07) is 5.20. The Morgan fingerprint density at radius 3 is 3.04 bits per heavy atom. The zero-order valence-corrected chi connectivity index (χ0v) is 17.0. The summed E-state index contributed by atoms with van der Waals surface area (Å²) in [5.41, 5.74) is 0. The number of hydrogen-bond acceptors (Lipinski definition) is 4. The lowest BCUT2D eigenvalue weighted by molar-refractivity contribution is -0.127. The van der Waals surface area contributed by atoms with Gasteiger partial charge in [0.15, 0.2) is 6.10 Å². The minimum Gasteiger partial charge on any atom is -0.480 e. The van der Waals surface area contributed by atoms with Gasteiger partial charge in [-0.3, -0.25) is 4.79 Å². The largest absolute Gasteiger partial charge is 0.480 e. The van der Waals surface area contributed by atoms with Crippen molar-refractivity contribution in [2.24, 2.45) is 0 Å². The number of amides is 1. The zero-order valence-electron chi connectivity index (χ0n) is 14.7. The van der Waals surface area contributed by atoms with E-state index in [1.165, 1.54) is 12.8 Å². The van der Waals surface area contributed by atoms with Crippen molar-refractivity contribution in [1.82, 2.24) is 20.1 Å². The fourth-order valence-corrected chi connectivity index (χ4v) is 3.76. The normalized spacial score (nSPS) is 15.0. The van der Waals surface area contributed by atoms with Gasteiger partial charge in [-0.2, -0.15) is 0 Å². The van der Waals surface area contributed by atoms with Gasteiger partial charge in [-0.05, 0) is 53.9 Å². The molecule has 0 saturated carbocycles. The van der Waals surface area contributed by atoms with Gasteiger partial charge in [-0.15, -0.1) is 10.2 Å². The van der Waals surface area contributed by atoms with Crippen molar-refractivity contribution >= 4 is 33.4 Å². The number of aromatic nitrogens is 3. The lowest BCUT2D eigenvalue weighted by Crippen LogP contribution is -2.37. The molecule has 0 bridgehead atoms. The van der Waals surface area contributed by atoms with Crippen molar-refractivity contribution in [2.45, 2.75) is 51.7 Å². The van der Waals surface area contributed by atoms with Gasteiger partial charge in [-0.25, -0.2) is 0 Å². The fraction of sp³-hybridized carbons (Fsp3) is 0.500. The number of carbonyl (C=O) groups is 1. The summed E-state index contributed by atoms with van der Waals surface area (Å²) in [5, 5.41) is 12.1. The summed E-state index contributed by atoms with van der Waals surface area (Å²) in [6.45, 7) is 3.20. The van der Waals surface area contributed by atoms with E-state index in [-0.39, 0.29) is 5.91 Å². The molecule has 2 heterocycles. The number of fused-ring (bicyclic) bond motifs is 1. The number of aryl methyl sites for hydroxylation is 1. The maximum atomic E-state index is 12.3. The van der Waals surface area contributed by atoms with Crippen LogP contribution in [0.25, 0.3) is 0 Å². The Hall–Kier alpha value is -1.60. The molecule has 0 radical (unpaired) electrons. The molecule has 8 heteroatoms. The van der Waals surface area contributed by atoms with E-state index in [0.29, 0.717) is 23.7 Å². The minimum absolute atomic E-state index is 0.164. The first-order valence-electron chi connectivity index (χ1n) is 8.85. The van der Waals surface area contributed by atoms with E-state index in [4.69, 9.17) is 16.3 Å². The first-order valence-corrected chi connectivity index (χ1v) is 10.0. The Labute approximate surface area is 166 Å². The smallest absolute Gasteiger partial charge is 0.260 e.